The lowest BCUT2D eigenvalue weighted by Crippen LogP contribution is -2.17. The lowest BCUT2D eigenvalue weighted by atomic mass is 9.98. The highest BCUT2D eigenvalue weighted by Gasteiger charge is 2.16. The highest BCUT2D eigenvalue weighted by atomic mass is 16.2. The zero-order chi connectivity index (χ0) is 16.0. The van der Waals surface area contributed by atoms with Crippen molar-refractivity contribution < 1.29 is 9.59 Å². The number of aromatic nitrogens is 3. The summed E-state index contributed by atoms with van der Waals surface area (Å²) in [5, 5.41) is 18.4. The molecule has 0 unspecified atom stereocenters. The fourth-order valence-electron chi connectivity index (χ4n) is 1.57. The van der Waals surface area contributed by atoms with Crippen molar-refractivity contribution in [2.75, 3.05) is 0 Å². The maximum absolute atomic E-state index is 10.4. The average Bonchev–Trinajstić information content (AvgIpc) is 2.61. The normalized spacial score (nSPS) is 12.9. The smallest absolute Gasteiger partial charge is 0.198 e. The molecule has 22 heavy (non-hydrogen) atoms. The summed E-state index contributed by atoms with van der Waals surface area (Å²) < 4.78 is 0. The standard InChI is InChI=1S/C7H5N.C6H8O2.C3H3N3/c8-6-7-4-2-1-3-5-7;7-5-3-1-2-4-6(5)8;1-2-4-6-5-3-1/h1-5H;1-4H2;1-3H. The van der Waals surface area contributed by atoms with E-state index in [1.807, 2.05) is 24.3 Å². The summed E-state index contributed by atoms with van der Waals surface area (Å²) in [4.78, 5) is 20.9. The quantitative estimate of drug-likeness (QED) is 0.691. The van der Waals surface area contributed by atoms with Crippen molar-refractivity contribution in [3.63, 3.8) is 0 Å². The Hall–Kier alpha value is -2.94. The average molecular weight is 296 g/mol. The van der Waals surface area contributed by atoms with Gasteiger partial charge >= 0.3 is 0 Å². The van der Waals surface area contributed by atoms with Crippen LogP contribution in [0.3, 0.4) is 0 Å². The third-order valence-corrected chi connectivity index (χ3v) is 2.68. The van der Waals surface area contributed by atoms with Crippen LogP contribution in [-0.4, -0.2) is 27.0 Å². The molecule has 1 aliphatic carbocycles. The number of hydrogen-bond acceptors (Lipinski definition) is 6. The van der Waals surface area contributed by atoms with Crippen LogP contribution in [0.2, 0.25) is 0 Å². The number of nitriles is 1. The summed E-state index contributed by atoms with van der Waals surface area (Å²) in [7, 11) is 0. The number of nitrogens with zero attached hydrogens (tertiary/aromatic N) is 4. The van der Waals surface area contributed by atoms with Crippen molar-refractivity contribution in [3.05, 3.63) is 54.4 Å². The van der Waals surface area contributed by atoms with Crippen LogP contribution in [0.4, 0.5) is 0 Å². The number of carbonyl (C=O) groups excluding carboxylic acids is 2. The van der Waals surface area contributed by atoms with Crippen LogP contribution in [0.5, 0.6) is 0 Å². The largest absolute Gasteiger partial charge is 0.291 e. The monoisotopic (exact) mass is 296 g/mol. The lowest BCUT2D eigenvalue weighted by Gasteiger charge is -2.04. The molecule has 6 heteroatoms. The van der Waals surface area contributed by atoms with E-state index in [4.69, 9.17) is 5.26 Å². The van der Waals surface area contributed by atoms with E-state index in [-0.39, 0.29) is 11.6 Å². The Morgan fingerprint density at radius 1 is 0.864 bits per heavy atom. The summed E-state index contributed by atoms with van der Waals surface area (Å²) in [6.07, 6.45) is 5.94. The Balaban J connectivity index is 0.000000167. The van der Waals surface area contributed by atoms with Gasteiger partial charge in [-0.1, -0.05) is 18.2 Å². The van der Waals surface area contributed by atoms with Gasteiger partial charge in [0, 0.05) is 12.8 Å². The van der Waals surface area contributed by atoms with Gasteiger partial charge in [0.15, 0.2) is 11.6 Å². The molecular formula is C16H16N4O2. The maximum Gasteiger partial charge on any atom is 0.198 e. The summed E-state index contributed by atoms with van der Waals surface area (Å²) in [6.45, 7) is 0. The van der Waals surface area contributed by atoms with Crippen molar-refractivity contribution in [2.45, 2.75) is 25.7 Å². The Bertz CT molecular complexity index is 566. The second-order valence-corrected chi connectivity index (χ2v) is 4.34. The molecule has 0 aliphatic heterocycles. The number of hydrogen-bond donors (Lipinski definition) is 0. The maximum atomic E-state index is 10.4. The minimum absolute atomic E-state index is 0.170. The fraction of sp³-hybridized carbons (Fsp3) is 0.250. The van der Waals surface area contributed by atoms with E-state index in [1.54, 1.807) is 30.6 Å². The molecule has 1 aliphatic rings. The van der Waals surface area contributed by atoms with Gasteiger partial charge in [0.05, 0.1) is 24.0 Å². The third kappa shape index (κ3) is 7.60. The molecule has 0 atom stereocenters. The van der Waals surface area contributed by atoms with Crippen molar-refractivity contribution in [1.29, 1.82) is 5.26 Å². The van der Waals surface area contributed by atoms with Gasteiger partial charge in [-0.3, -0.25) is 9.59 Å². The number of rotatable bonds is 0. The van der Waals surface area contributed by atoms with E-state index in [2.05, 4.69) is 15.4 Å². The van der Waals surface area contributed by atoms with Crippen molar-refractivity contribution in [3.8, 4) is 6.07 Å². The molecule has 1 aromatic carbocycles. The van der Waals surface area contributed by atoms with Gasteiger partial charge in [-0.25, -0.2) is 0 Å². The first-order valence-electron chi connectivity index (χ1n) is 6.83. The predicted octanol–water partition coefficient (Wildman–Crippen LogP) is 2.13. The number of ketones is 2. The molecule has 0 saturated heterocycles. The van der Waals surface area contributed by atoms with Gasteiger partial charge in [0.1, 0.15) is 0 Å². The second kappa shape index (κ2) is 10.8. The SMILES string of the molecule is N#Cc1ccccc1.O=C1CCCCC1=O.c1cnnnc1. The highest BCUT2D eigenvalue weighted by molar-refractivity contribution is 6.37. The molecule has 3 rings (SSSR count). The van der Waals surface area contributed by atoms with Gasteiger partial charge in [0.2, 0.25) is 0 Å². The van der Waals surface area contributed by atoms with Crippen molar-refractivity contribution in [2.24, 2.45) is 0 Å². The van der Waals surface area contributed by atoms with Crippen LogP contribution in [0.1, 0.15) is 31.2 Å². The predicted molar refractivity (Wildman–Crippen MR) is 79.5 cm³/mol. The van der Waals surface area contributed by atoms with Crippen LogP contribution in [0.25, 0.3) is 0 Å². The van der Waals surface area contributed by atoms with E-state index < -0.39 is 0 Å². The molecule has 1 fully saturated rings. The molecule has 112 valence electrons. The molecule has 0 bridgehead atoms. The first-order chi connectivity index (χ1) is 10.7. The second-order valence-electron chi connectivity index (χ2n) is 4.34. The summed E-state index contributed by atoms with van der Waals surface area (Å²) in [6, 6.07) is 12.9. The number of benzene rings is 1. The van der Waals surface area contributed by atoms with Crippen LogP contribution in [0, 0.1) is 11.3 Å². The first-order valence-corrected chi connectivity index (χ1v) is 6.83. The molecular weight excluding hydrogens is 280 g/mol. The molecule has 0 spiro atoms. The summed E-state index contributed by atoms with van der Waals surface area (Å²) >= 11 is 0. The Labute approximate surface area is 128 Å². The van der Waals surface area contributed by atoms with E-state index >= 15 is 0 Å². The topological polar surface area (TPSA) is 96.6 Å². The first kappa shape index (κ1) is 17.1. The Morgan fingerprint density at radius 3 is 1.68 bits per heavy atom. The zero-order valence-corrected chi connectivity index (χ0v) is 12.1. The molecule has 0 radical (unpaired) electrons. The number of Topliss-reactive ketones (excluding diaryl/α,β-unsaturated/α-hetero) is 2. The lowest BCUT2D eigenvalue weighted by molar-refractivity contribution is -0.137. The van der Waals surface area contributed by atoms with Crippen LogP contribution < -0.4 is 0 Å². The van der Waals surface area contributed by atoms with Crippen LogP contribution in [-0.2, 0) is 9.59 Å². The van der Waals surface area contributed by atoms with Gasteiger partial charge in [0.25, 0.3) is 0 Å². The van der Waals surface area contributed by atoms with Gasteiger partial charge in [-0.05, 0) is 36.3 Å². The number of carbonyl (C=O) groups is 2. The van der Waals surface area contributed by atoms with Crippen molar-refractivity contribution >= 4 is 11.6 Å². The molecule has 2 aromatic rings. The highest BCUT2D eigenvalue weighted by Crippen LogP contribution is 2.09. The molecule has 1 heterocycles. The van der Waals surface area contributed by atoms with E-state index in [0.717, 1.165) is 12.8 Å². The van der Waals surface area contributed by atoms with Crippen LogP contribution >= 0.6 is 0 Å². The van der Waals surface area contributed by atoms with E-state index in [9.17, 15) is 9.59 Å². The minimum atomic E-state index is -0.170. The molecule has 0 N–H and O–H groups in total. The van der Waals surface area contributed by atoms with E-state index in [0.29, 0.717) is 18.4 Å². The van der Waals surface area contributed by atoms with Crippen molar-refractivity contribution in [1.82, 2.24) is 15.4 Å². The van der Waals surface area contributed by atoms with Gasteiger partial charge in [-0.15, -0.1) is 10.2 Å². The summed E-state index contributed by atoms with van der Waals surface area (Å²) in [5.41, 5.74) is 0.715. The molecule has 1 saturated carbocycles. The molecule has 6 nitrogen and oxygen atoms in total. The van der Waals surface area contributed by atoms with E-state index in [1.165, 1.54) is 0 Å². The zero-order valence-electron chi connectivity index (χ0n) is 12.1. The Morgan fingerprint density at radius 2 is 1.41 bits per heavy atom. The summed E-state index contributed by atoms with van der Waals surface area (Å²) in [5.74, 6) is -0.340. The van der Waals surface area contributed by atoms with Gasteiger partial charge in [-0.2, -0.15) is 5.26 Å². The molecule has 1 aromatic heterocycles. The third-order valence-electron chi connectivity index (χ3n) is 2.68. The minimum Gasteiger partial charge on any atom is -0.291 e. The Kier molecular flexibility index (Phi) is 8.40. The molecule has 0 amide bonds. The van der Waals surface area contributed by atoms with Gasteiger partial charge < -0.3 is 0 Å². The fourth-order valence-corrected chi connectivity index (χ4v) is 1.57. The van der Waals surface area contributed by atoms with Crippen LogP contribution in [0.15, 0.2) is 48.8 Å².